The van der Waals surface area contributed by atoms with Gasteiger partial charge in [0.1, 0.15) is 0 Å². The number of hydrogen-bond donors (Lipinski definition) is 0. The Morgan fingerprint density at radius 3 is 2.69 bits per heavy atom. The lowest BCUT2D eigenvalue weighted by molar-refractivity contribution is -0.115. The van der Waals surface area contributed by atoms with Gasteiger partial charge in [0.15, 0.2) is 5.78 Å². The van der Waals surface area contributed by atoms with E-state index in [-0.39, 0.29) is 5.78 Å². The van der Waals surface area contributed by atoms with Crippen molar-refractivity contribution in [2.24, 2.45) is 5.41 Å². The molecular weight excluding hydrogens is 392 g/mol. The average Bonchev–Trinajstić information content (AvgIpc) is 3.21. The molecule has 0 amide bonds. The van der Waals surface area contributed by atoms with Crippen molar-refractivity contribution in [3.63, 3.8) is 0 Å². The molecular formula is C30H44O2. The van der Waals surface area contributed by atoms with Gasteiger partial charge >= 0.3 is 0 Å². The van der Waals surface area contributed by atoms with Crippen LogP contribution in [0.5, 0.6) is 0 Å². The highest BCUT2D eigenvalue weighted by atomic mass is 16.5. The van der Waals surface area contributed by atoms with Crippen LogP contribution in [0.25, 0.3) is 0 Å². The molecule has 0 aromatic heterocycles. The predicted octanol–water partition coefficient (Wildman–Crippen LogP) is 8.73. The Morgan fingerprint density at radius 2 is 1.97 bits per heavy atom. The molecule has 2 aliphatic rings. The molecule has 0 atom stereocenters. The summed E-state index contributed by atoms with van der Waals surface area (Å²) in [6, 6.07) is 0. The third-order valence-corrected chi connectivity index (χ3v) is 6.69. The van der Waals surface area contributed by atoms with Crippen LogP contribution < -0.4 is 0 Å². The highest BCUT2D eigenvalue weighted by Crippen LogP contribution is 2.34. The summed E-state index contributed by atoms with van der Waals surface area (Å²) in [7, 11) is 1.69. The molecule has 0 aromatic rings. The maximum atomic E-state index is 12.8. The molecule has 0 saturated carbocycles. The first kappa shape index (κ1) is 26.2. The van der Waals surface area contributed by atoms with Gasteiger partial charge in [-0.2, -0.15) is 0 Å². The summed E-state index contributed by atoms with van der Waals surface area (Å²) in [5, 5.41) is 0. The van der Waals surface area contributed by atoms with Crippen LogP contribution in [-0.4, -0.2) is 12.9 Å². The van der Waals surface area contributed by atoms with Crippen molar-refractivity contribution in [3.05, 3.63) is 70.1 Å². The van der Waals surface area contributed by atoms with E-state index in [1.165, 1.54) is 48.0 Å². The monoisotopic (exact) mass is 436 g/mol. The molecule has 32 heavy (non-hydrogen) atoms. The van der Waals surface area contributed by atoms with Crippen molar-refractivity contribution in [2.45, 2.75) is 98.8 Å². The number of carbonyl (C=O) groups excluding carboxylic acids is 1. The van der Waals surface area contributed by atoms with E-state index >= 15 is 0 Å². The molecule has 0 aromatic carbocycles. The summed E-state index contributed by atoms with van der Waals surface area (Å²) in [4.78, 5) is 12.8. The van der Waals surface area contributed by atoms with E-state index in [1.54, 1.807) is 7.11 Å². The lowest BCUT2D eigenvalue weighted by Gasteiger charge is -2.24. The Bertz CT molecular complexity index is 840. The molecule has 0 spiro atoms. The summed E-state index contributed by atoms with van der Waals surface area (Å²) in [6.07, 6.45) is 23.2. The van der Waals surface area contributed by atoms with Crippen LogP contribution in [0.3, 0.4) is 0 Å². The molecule has 2 rings (SSSR count). The van der Waals surface area contributed by atoms with Gasteiger partial charge in [-0.05, 0) is 75.9 Å². The number of Topliss-reactive ketones (excluding diaryl/α,β-unsaturated/α-hetero) is 1. The average molecular weight is 437 g/mol. The number of rotatable bonds is 9. The second-order valence-corrected chi connectivity index (χ2v) is 10.2. The van der Waals surface area contributed by atoms with E-state index in [4.69, 9.17) is 4.74 Å². The zero-order valence-corrected chi connectivity index (χ0v) is 21.4. The molecule has 0 heterocycles. The topological polar surface area (TPSA) is 26.3 Å². The number of carbonyl (C=O) groups is 1. The van der Waals surface area contributed by atoms with Crippen molar-refractivity contribution in [3.8, 4) is 0 Å². The lowest BCUT2D eigenvalue weighted by atomic mass is 9.82. The lowest BCUT2D eigenvalue weighted by Crippen LogP contribution is -2.10. The van der Waals surface area contributed by atoms with Crippen molar-refractivity contribution in [2.75, 3.05) is 7.11 Å². The SMILES string of the molecule is CC/C=C(C)\C=C(/CCC(=O)C1=CC=C(C/C2=C(C)/C=C\CC(C)(C)CCCC2)C1)OC. The van der Waals surface area contributed by atoms with E-state index in [0.717, 1.165) is 37.0 Å². The predicted molar refractivity (Wildman–Crippen MR) is 137 cm³/mol. The Kier molecular flexibility index (Phi) is 10.5. The van der Waals surface area contributed by atoms with E-state index < -0.39 is 0 Å². The van der Waals surface area contributed by atoms with Gasteiger partial charge in [0, 0.05) is 12.8 Å². The fourth-order valence-corrected chi connectivity index (χ4v) is 4.57. The number of hydrogen-bond acceptors (Lipinski definition) is 2. The van der Waals surface area contributed by atoms with Crippen LogP contribution >= 0.6 is 0 Å². The number of ketones is 1. The zero-order valence-electron chi connectivity index (χ0n) is 21.4. The van der Waals surface area contributed by atoms with Crippen molar-refractivity contribution >= 4 is 5.78 Å². The minimum Gasteiger partial charge on any atom is -0.501 e. The second kappa shape index (κ2) is 12.8. The van der Waals surface area contributed by atoms with Crippen molar-refractivity contribution in [1.82, 2.24) is 0 Å². The van der Waals surface area contributed by atoms with Crippen LogP contribution in [0.2, 0.25) is 0 Å². The summed E-state index contributed by atoms with van der Waals surface area (Å²) >= 11 is 0. The fraction of sp³-hybridized carbons (Fsp3) is 0.567. The standard InChI is InChI=1S/C30H44O2/c1-7-11-23(2)20-28(32-6)16-17-29(31)27-15-14-25(22-27)21-26-13-8-9-18-30(4,5)19-10-12-24(26)3/h10-12,14-15,20H,7-9,13,16-19,21-22H2,1-6H3/b12-10-,23-11-,26-24+,28-20+. The van der Waals surface area contributed by atoms with Gasteiger partial charge in [0.05, 0.1) is 12.9 Å². The van der Waals surface area contributed by atoms with E-state index in [9.17, 15) is 4.79 Å². The molecule has 0 bridgehead atoms. The molecule has 0 N–H and O–H groups in total. The molecule has 2 heteroatoms. The number of methoxy groups -OCH3 is 1. The van der Waals surface area contributed by atoms with Gasteiger partial charge in [-0.25, -0.2) is 0 Å². The van der Waals surface area contributed by atoms with E-state index in [0.29, 0.717) is 18.3 Å². The highest BCUT2D eigenvalue weighted by Gasteiger charge is 2.19. The molecule has 0 aliphatic heterocycles. The van der Waals surface area contributed by atoms with Crippen LogP contribution in [0.15, 0.2) is 70.1 Å². The van der Waals surface area contributed by atoms with Gasteiger partial charge in [0.25, 0.3) is 0 Å². The Hall–Kier alpha value is -2.09. The van der Waals surface area contributed by atoms with Gasteiger partial charge in [0.2, 0.25) is 0 Å². The van der Waals surface area contributed by atoms with Gasteiger partial charge < -0.3 is 4.74 Å². The first-order chi connectivity index (χ1) is 15.2. The molecule has 2 nitrogen and oxygen atoms in total. The van der Waals surface area contributed by atoms with Crippen LogP contribution in [0.1, 0.15) is 98.8 Å². The maximum absolute atomic E-state index is 12.8. The smallest absolute Gasteiger partial charge is 0.159 e. The van der Waals surface area contributed by atoms with Gasteiger partial charge in [-0.15, -0.1) is 0 Å². The minimum atomic E-state index is 0.245. The largest absolute Gasteiger partial charge is 0.501 e. The Morgan fingerprint density at radius 1 is 1.19 bits per heavy atom. The van der Waals surface area contributed by atoms with Crippen LogP contribution in [0, 0.1) is 5.41 Å². The molecule has 0 saturated heterocycles. The number of allylic oxidation sites excluding steroid dienone is 12. The molecule has 0 radical (unpaired) electrons. The second-order valence-electron chi connectivity index (χ2n) is 10.2. The summed E-state index contributed by atoms with van der Waals surface area (Å²) < 4.78 is 5.49. The fourth-order valence-electron chi connectivity index (χ4n) is 4.57. The maximum Gasteiger partial charge on any atom is 0.159 e. The summed E-state index contributed by atoms with van der Waals surface area (Å²) in [5.74, 6) is 1.12. The Balaban J connectivity index is 1.92. The highest BCUT2D eigenvalue weighted by molar-refractivity contribution is 5.96. The molecule has 176 valence electrons. The van der Waals surface area contributed by atoms with E-state index in [2.05, 4.69) is 58.9 Å². The summed E-state index contributed by atoms with van der Waals surface area (Å²) in [5.41, 5.74) is 6.87. The van der Waals surface area contributed by atoms with Crippen molar-refractivity contribution in [1.29, 1.82) is 0 Å². The first-order valence-electron chi connectivity index (χ1n) is 12.4. The van der Waals surface area contributed by atoms with Gasteiger partial charge in [-0.1, -0.05) is 79.9 Å². The third-order valence-electron chi connectivity index (χ3n) is 6.69. The zero-order chi connectivity index (χ0) is 23.6. The van der Waals surface area contributed by atoms with Crippen LogP contribution in [0.4, 0.5) is 0 Å². The third kappa shape index (κ3) is 8.81. The quantitative estimate of drug-likeness (QED) is 0.267. The summed E-state index contributed by atoms with van der Waals surface area (Å²) in [6.45, 7) is 11.2. The number of ether oxygens (including phenoxy) is 1. The van der Waals surface area contributed by atoms with Crippen molar-refractivity contribution < 1.29 is 9.53 Å². The molecule has 2 aliphatic carbocycles. The molecule has 0 unspecified atom stereocenters. The Labute approximate surface area is 196 Å². The minimum absolute atomic E-state index is 0.245. The van der Waals surface area contributed by atoms with E-state index in [1.807, 2.05) is 12.2 Å². The van der Waals surface area contributed by atoms with Gasteiger partial charge in [-0.3, -0.25) is 4.79 Å². The molecule has 0 fully saturated rings. The normalized spacial score (nSPS) is 23.4. The first-order valence-corrected chi connectivity index (χ1v) is 12.4. The van der Waals surface area contributed by atoms with Crippen LogP contribution in [-0.2, 0) is 9.53 Å².